The summed E-state index contributed by atoms with van der Waals surface area (Å²) in [5, 5.41) is 2.83. The first-order valence-electron chi connectivity index (χ1n) is 10.6. The Balaban J connectivity index is 1.46. The molecular formula is C21H29N3O5S. The molecular weight excluding hydrogens is 406 g/mol. The highest BCUT2D eigenvalue weighted by atomic mass is 32.2. The summed E-state index contributed by atoms with van der Waals surface area (Å²) in [6, 6.07) is 5.19. The van der Waals surface area contributed by atoms with Crippen molar-refractivity contribution in [1.29, 1.82) is 0 Å². The van der Waals surface area contributed by atoms with Gasteiger partial charge in [-0.3, -0.25) is 9.59 Å². The molecule has 9 heteroatoms. The molecule has 30 heavy (non-hydrogen) atoms. The highest BCUT2D eigenvalue weighted by Gasteiger charge is 2.38. The highest BCUT2D eigenvalue weighted by molar-refractivity contribution is 7.89. The molecule has 2 heterocycles. The zero-order chi connectivity index (χ0) is 21.3. The fourth-order valence-electron chi connectivity index (χ4n) is 4.60. The summed E-state index contributed by atoms with van der Waals surface area (Å²) in [5.41, 5.74) is 1.06. The van der Waals surface area contributed by atoms with Crippen molar-refractivity contribution in [2.24, 2.45) is 5.92 Å². The number of nitrogens with one attached hydrogen (secondary N) is 1. The molecule has 0 spiro atoms. The molecule has 3 fully saturated rings. The van der Waals surface area contributed by atoms with E-state index in [1.165, 1.54) is 10.4 Å². The first-order valence-corrected chi connectivity index (χ1v) is 12.1. The maximum absolute atomic E-state index is 13.0. The maximum Gasteiger partial charge on any atom is 0.243 e. The van der Waals surface area contributed by atoms with Gasteiger partial charge in [-0.1, -0.05) is 18.9 Å². The summed E-state index contributed by atoms with van der Waals surface area (Å²) in [4.78, 5) is 27.2. The van der Waals surface area contributed by atoms with Gasteiger partial charge in [-0.2, -0.15) is 4.31 Å². The van der Waals surface area contributed by atoms with Crippen LogP contribution in [0.15, 0.2) is 23.1 Å². The number of aryl methyl sites for hydroxylation is 1. The molecule has 0 radical (unpaired) electrons. The van der Waals surface area contributed by atoms with Crippen LogP contribution < -0.4 is 5.32 Å². The third kappa shape index (κ3) is 4.24. The number of benzene rings is 1. The van der Waals surface area contributed by atoms with E-state index in [-0.39, 0.29) is 29.2 Å². The zero-order valence-corrected chi connectivity index (χ0v) is 18.1. The molecule has 1 N–H and O–H groups in total. The zero-order valence-electron chi connectivity index (χ0n) is 17.3. The van der Waals surface area contributed by atoms with Gasteiger partial charge in [0.25, 0.3) is 0 Å². The second-order valence-electron chi connectivity index (χ2n) is 8.37. The summed E-state index contributed by atoms with van der Waals surface area (Å²) < 4.78 is 32.8. The van der Waals surface area contributed by atoms with E-state index < -0.39 is 15.9 Å². The Labute approximate surface area is 177 Å². The molecule has 1 aromatic carbocycles. The molecule has 2 amide bonds. The van der Waals surface area contributed by atoms with Gasteiger partial charge in [-0.05, 0) is 37.5 Å². The van der Waals surface area contributed by atoms with Crippen molar-refractivity contribution < 1.29 is 22.7 Å². The second-order valence-corrected chi connectivity index (χ2v) is 10.3. The smallest absolute Gasteiger partial charge is 0.243 e. The van der Waals surface area contributed by atoms with E-state index in [4.69, 9.17) is 4.74 Å². The van der Waals surface area contributed by atoms with Crippen molar-refractivity contribution in [3.05, 3.63) is 23.8 Å². The number of hydrogen-bond acceptors (Lipinski definition) is 5. The molecule has 3 aliphatic rings. The van der Waals surface area contributed by atoms with Crippen LogP contribution in [0, 0.1) is 12.8 Å². The Kier molecular flexibility index (Phi) is 6.13. The van der Waals surface area contributed by atoms with Crippen molar-refractivity contribution >= 4 is 27.5 Å². The third-order valence-corrected chi connectivity index (χ3v) is 8.38. The fourth-order valence-corrected chi connectivity index (χ4v) is 6.26. The molecule has 1 saturated carbocycles. The quantitative estimate of drug-likeness (QED) is 0.760. The van der Waals surface area contributed by atoms with Gasteiger partial charge in [0.1, 0.15) is 0 Å². The van der Waals surface area contributed by atoms with E-state index in [1.54, 1.807) is 19.1 Å². The lowest BCUT2D eigenvalue weighted by molar-refractivity contribution is -0.129. The minimum absolute atomic E-state index is 0.0431. The minimum atomic E-state index is -3.66. The van der Waals surface area contributed by atoms with Gasteiger partial charge in [0.05, 0.1) is 24.0 Å². The number of hydrogen-bond donors (Lipinski definition) is 1. The van der Waals surface area contributed by atoms with Crippen LogP contribution in [0.1, 0.15) is 37.7 Å². The largest absolute Gasteiger partial charge is 0.379 e. The van der Waals surface area contributed by atoms with Gasteiger partial charge in [0.2, 0.25) is 21.8 Å². The number of anilines is 1. The summed E-state index contributed by atoms with van der Waals surface area (Å²) >= 11 is 0. The van der Waals surface area contributed by atoms with Gasteiger partial charge < -0.3 is 15.0 Å². The molecule has 4 rings (SSSR count). The Hall–Kier alpha value is -1.97. The van der Waals surface area contributed by atoms with E-state index in [0.717, 1.165) is 25.7 Å². The first kappa shape index (κ1) is 21.3. The molecule has 0 aromatic heterocycles. The maximum atomic E-state index is 13.0. The van der Waals surface area contributed by atoms with Crippen LogP contribution in [0.3, 0.4) is 0 Å². The Morgan fingerprint density at radius 1 is 1.17 bits per heavy atom. The number of sulfonamides is 1. The monoisotopic (exact) mass is 435 g/mol. The number of rotatable bonds is 5. The lowest BCUT2D eigenvalue weighted by Crippen LogP contribution is -2.40. The standard InChI is InChI=1S/C21H29N3O5S/c1-15-6-7-17(13-19(15)30(27,28)23-8-10-29-11-9-23)22-21(26)16-12-20(25)24(14-16)18-4-2-3-5-18/h6-7,13,16,18H,2-5,8-12,14H2,1H3,(H,22,26). The number of nitrogens with zero attached hydrogens (tertiary/aromatic N) is 2. The van der Waals surface area contributed by atoms with Crippen molar-refractivity contribution in [3.8, 4) is 0 Å². The molecule has 0 bridgehead atoms. The predicted molar refractivity (Wildman–Crippen MR) is 111 cm³/mol. The summed E-state index contributed by atoms with van der Waals surface area (Å²) in [5.74, 6) is -0.595. The average Bonchev–Trinajstić information content (AvgIpc) is 3.39. The molecule has 1 atom stereocenters. The van der Waals surface area contributed by atoms with E-state index in [0.29, 0.717) is 44.1 Å². The van der Waals surface area contributed by atoms with Crippen LogP contribution in [-0.2, 0) is 24.3 Å². The number of morpholine rings is 1. The lowest BCUT2D eigenvalue weighted by Gasteiger charge is -2.27. The topological polar surface area (TPSA) is 96.0 Å². The normalized spacial score (nSPS) is 23.8. The van der Waals surface area contributed by atoms with Gasteiger partial charge in [-0.15, -0.1) is 0 Å². The Morgan fingerprint density at radius 3 is 2.57 bits per heavy atom. The summed E-state index contributed by atoms with van der Waals surface area (Å²) in [6.45, 7) is 3.58. The Morgan fingerprint density at radius 2 is 1.87 bits per heavy atom. The molecule has 1 aliphatic carbocycles. The second kappa shape index (κ2) is 8.64. The number of amides is 2. The number of carbonyl (C=O) groups excluding carboxylic acids is 2. The van der Waals surface area contributed by atoms with Gasteiger partial charge in [0, 0.05) is 37.8 Å². The molecule has 164 valence electrons. The SMILES string of the molecule is Cc1ccc(NC(=O)C2CC(=O)N(C3CCCC3)C2)cc1S(=O)(=O)N1CCOCC1. The van der Waals surface area contributed by atoms with Gasteiger partial charge >= 0.3 is 0 Å². The third-order valence-electron chi connectivity index (χ3n) is 6.34. The number of carbonyl (C=O) groups is 2. The van der Waals surface area contributed by atoms with Crippen molar-refractivity contribution in [3.63, 3.8) is 0 Å². The van der Waals surface area contributed by atoms with Crippen molar-refractivity contribution in [2.45, 2.75) is 50.0 Å². The molecule has 1 aromatic rings. The number of ether oxygens (including phenoxy) is 1. The van der Waals surface area contributed by atoms with Crippen LogP contribution in [0.25, 0.3) is 0 Å². The molecule has 8 nitrogen and oxygen atoms in total. The summed E-state index contributed by atoms with van der Waals surface area (Å²) in [7, 11) is -3.66. The predicted octanol–water partition coefficient (Wildman–Crippen LogP) is 1.75. The van der Waals surface area contributed by atoms with Crippen LogP contribution in [0.2, 0.25) is 0 Å². The van der Waals surface area contributed by atoms with Crippen LogP contribution in [-0.4, -0.2) is 68.3 Å². The lowest BCUT2D eigenvalue weighted by atomic mass is 10.1. The van der Waals surface area contributed by atoms with Gasteiger partial charge in [-0.25, -0.2) is 8.42 Å². The van der Waals surface area contributed by atoms with E-state index in [2.05, 4.69) is 5.32 Å². The van der Waals surface area contributed by atoms with Crippen LogP contribution >= 0.6 is 0 Å². The van der Waals surface area contributed by atoms with E-state index >= 15 is 0 Å². The number of likely N-dealkylation sites (tertiary alicyclic amines) is 1. The molecule has 2 aliphatic heterocycles. The molecule has 2 saturated heterocycles. The minimum Gasteiger partial charge on any atom is -0.379 e. The molecule has 1 unspecified atom stereocenters. The Bertz CT molecular complexity index is 921. The van der Waals surface area contributed by atoms with E-state index in [9.17, 15) is 18.0 Å². The van der Waals surface area contributed by atoms with Gasteiger partial charge in [0.15, 0.2) is 0 Å². The average molecular weight is 436 g/mol. The van der Waals surface area contributed by atoms with Crippen molar-refractivity contribution in [2.75, 3.05) is 38.2 Å². The fraction of sp³-hybridized carbons (Fsp3) is 0.619. The first-order chi connectivity index (χ1) is 14.4. The highest BCUT2D eigenvalue weighted by Crippen LogP contribution is 2.30. The summed E-state index contributed by atoms with van der Waals surface area (Å²) in [6.07, 6.45) is 4.51. The van der Waals surface area contributed by atoms with Crippen LogP contribution in [0.5, 0.6) is 0 Å². The van der Waals surface area contributed by atoms with Crippen LogP contribution in [0.4, 0.5) is 5.69 Å². The van der Waals surface area contributed by atoms with Crippen molar-refractivity contribution in [1.82, 2.24) is 9.21 Å². The van der Waals surface area contributed by atoms with E-state index in [1.807, 2.05) is 4.90 Å².